The van der Waals surface area contributed by atoms with Crippen molar-refractivity contribution in [2.45, 2.75) is 27.2 Å². The summed E-state index contributed by atoms with van der Waals surface area (Å²) in [5, 5.41) is 0. The number of ether oxygens (including phenoxy) is 2. The molecule has 0 atom stereocenters. The number of esters is 1. The Bertz CT molecular complexity index is 664. The summed E-state index contributed by atoms with van der Waals surface area (Å²) in [6.45, 7) is 5.87. The van der Waals surface area contributed by atoms with E-state index < -0.39 is 5.41 Å². The van der Waals surface area contributed by atoms with Gasteiger partial charge in [0.1, 0.15) is 11.5 Å². The predicted molar refractivity (Wildman–Crippen MR) is 87.5 cm³/mol. The molecule has 0 N–H and O–H groups in total. The molecule has 0 saturated heterocycles. The van der Waals surface area contributed by atoms with Crippen LogP contribution in [0.5, 0.6) is 11.5 Å². The molecular formula is C19H20O4. The fourth-order valence-electron chi connectivity index (χ4n) is 1.91. The minimum atomic E-state index is -0.524. The minimum absolute atomic E-state index is 0.254. The molecule has 0 bridgehead atoms. The summed E-state index contributed by atoms with van der Waals surface area (Å²) < 4.78 is 10.1. The van der Waals surface area contributed by atoms with Crippen molar-refractivity contribution >= 4 is 12.4 Å². The normalized spacial score (nSPS) is 10.9. The van der Waals surface area contributed by atoms with Crippen LogP contribution in [0.3, 0.4) is 0 Å². The maximum absolute atomic E-state index is 11.8. The lowest BCUT2D eigenvalue weighted by molar-refractivity contribution is -0.143. The highest BCUT2D eigenvalue weighted by Crippen LogP contribution is 2.21. The number of hydrogen-bond donors (Lipinski definition) is 0. The van der Waals surface area contributed by atoms with Crippen molar-refractivity contribution in [1.82, 2.24) is 0 Å². The maximum Gasteiger partial charge on any atom is 0.316 e. The van der Waals surface area contributed by atoms with E-state index in [-0.39, 0.29) is 5.97 Å². The van der Waals surface area contributed by atoms with Crippen molar-refractivity contribution in [3.05, 3.63) is 59.7 Å². The fourth-order valence-corrected chi connectivity index (χ4v) is 1.91. The van der Waals surface area contributed by atoms with Gasteiger partial charge in [0, 0.05) is 0 Å². The van der Waals surface area contributed by atoms with Gasteiger partial charge in [-0.15, -0.1) is 0 Å². The highest BCUT2D eigenvalue weighted by atomic mass is 16.5. The van der Waals surface area contributed by atoms with E-state index in [0.29, 0.717) is 18.0 Å². The predicted octanol–water partition coefficient (Wildman–Crippen LogP) is 3.76. The van der Waals surface area contributed by atoms with Crippen LogP contribution in [-0.4, -0.2) is 12.4 Å². The van der Waals surface area contributed by atoms with E-state index in [1.54, 1.807) is 24.3 Å². The van der Waals surface area contributed by atoms with Crippen LogP contribution >= 0.6 is 0 Å². The van der Waals surface area contributed by atoms with Crippen LogP contribution in [0.2, 0.25) is 0 Å². The average Bonchev–Trinajstić information content (AvgIpc) is 2.50. The topological polar surface area (TPSA) is 52.6 Å². The molecule has 0 fully saturated rings. The van der Waals surface area contributed by atoms with Crippen molar-refractivity contribution in [3.63, 3.8) is 0 Å². The first-order chi connectivity index (χ1) is 10.9. The summed E-state index contributed by atoms with van der Waals surface area (Å²) in [5.74, 6) is 0.813. The van der Waals surface area contributed by atoms with Crippen molar-refractivity contribution < 1.29 is 19.1 Å². The molecule has 0 amide bonds. The Morgan fingerprint density at radius 1 is 0.913 bits per heavy atom. The second-order valence-electron chi connectivity index (χ2n) is 6.32. The second kappa shape index (κ2) is 7.09. The molecule has 4 nitrogen and oxygen atoms in total. The molecule has 0 aliphatic heterocycles. The molecule has 2 aromatic rings. The van der Waals surface area contributed by atoms with Crippen molar-refractivity contribution in [2.75, 3.05) is 0 Å². The Labute approximate surface area is 136 Å². The summed E-state index contributed by atoms with van der Waals surface area (Å²) >= 11 is 0. The SMILES string of the molecule is CC(C)(C)C(=O)Oc1ccc(Cc2ccc(OC=O)cc2)cc1. The Kier molecular flexibility index (Phi) is 5.16. The zero-order chi connectivity index (χ0) is 16.9. The van der Waals surface area contributed by atoms with Crippen molar-refractivity contribution in [2.24, 2.45) is 5.41 Å². The first-order valence-corrected chi connectivity index (χ1v) is 7.39. The molecule has 0 aromatic heterocycles. The van der Waals surface area contributed by atoms with Gasteiger partial charge in [-0.25, -0.2) is 0 Å². The van der Waals surface area contributed by atoms with Crippen LogP contribution in [0.25, 0.3) is 0 Å². The van der Waals surface area contributed by atoms with E-state index in [1.165, 1.54) is 0 Å². The zero-order valence-electron chi connectivity index (χ0n) is 13.5. The summed E-state index contributed by atoms with van der Waals surface area (Å²) in [7, 11) is 0. The molecule has 0 aliphatic carbocycles. The maximum atomic E-state index is 11.8. The lowest BCUT2D eigenvalue weighted by atomic mass is 9.97. The third-order valence-electron chi connectivity index (χ3n) is 3.26. The van der Waals surface area contributed by atoms with E-state index in [1.807, 2.05) is 45.0 Å². The third-order valence-corrected chi connectivity index (χ3v) is 3.26. The van der Waals surface area contributed by atoms with Crippen LogP contribution in [0.15, 0.2) is 48.5 Å². The van der Waals surface area contributed by atoms with E-state index in [0.717, 1.165) is 17.5 Å². The highest BCUT2D eigenvalue weighted by Gasteiger charge is 2.23. The number of rotatable bonds is 5. The van der Waals surface area contributed by atoms with Gasteiger partial charge in [0.05, 0.1) is 5.41 Å². The molecule has 0 radical (unpaired) electrons. The van der Waals surface area contributed by atoms with Gasteiger partial charge in [-0.2, -0.15) is 0 Å². The van der Waals surface area contributed by atoms with Crippen LogP contribution < -0.4 is 9.47 Å². The average molecular weight is 312 g/mol. The molecule has 0 saturated carbocycles. The highest BCUT2D eigenvalue weighted by molar-refractivity contribution is 5.77. The van der Waals surface area contributed by atoms with Crippen LogP contribution in [0.1, 0.15) is 31.9 Å². The van der Waals surface area contributed by atoms with E-state index >= 15 is 0 Å². The summed E-state index contributed by atoms with van der Waals surface area (Å²) in [4.78, 5) is 22.1. The lowest BCUT2D eigenvalue weighted by Gasteiger charge is -2.16. The molecular weight excluding hydrogens is 292 g/mol. The van der Waals surface area contributed by atoms with Gasteiger partial charge in [0.15, 0.2) is 0 Å². The molecule has 2 rings (SSSR count). The van der Waals surface area contributed by atoms with Gasteiger partial charge >= 0.3 is 5.97 Å². The first-order valence-electron chi connectivity index (χ1n) is 7.39. The fraction of sp³-hybridized carbons (Fsp3) is 0.263. The van der Waals surface area contributed by atoms with Crippen LogP contribution in [0.4, 0.5) is 0 Å². The lowest BCUT2D eigenvalue weighted by Crippen LogP contribution is -2.25. The zero-order valence-corrected chi connectivity index (χ0v) is 13.5. The van der Waals surface area contributed by atoms with Gasteiger partial charge in [0.2, 0.25) is 0 Å². The van der Waals surface area contributed by atoms with Gasteiger partial charge in [0.25, 0.3) is 6.47 Å². The third kappa shape index (κ3) is 4.95. The summed E-state index contributed by atoms with van der Waals surface area (Å²) in [6, 6.07) is 14.8. The molecule has 0 aliphatic rings. The molecule has 4 heteroatoms. The Hall–Kier alpha value is -2.62. The van der Waals surface area contributed by atoms with Gasteiger partial charge in [-0.05, 0) is 62.6 Å². The summed E-state index contributed by atoms with van der Waals surface area (Å²) in [6.07, 6.45) is 0.745. The van der Waals surface area contributed by atoms with E-state index in [9.17, 15) is 9.59 Å². The first kappa shape index (κ1) is 16.7. The molecule has 0 heterocycles. The molecule has 0 spiro atoms. The van der Waals surface area contributed by atoms with Crippen molar-refractivity contribution in [3.8, 4) is 11.5 Å². The summed E-state index contributed by atoms with van der Waals surface area (Å²) in [5.41, 5.74) is 1.68. The molecule has 0 unspecified atom stereocenters. The van der Waals surface area contributed by atoms with Crippen molar-refractivity contribution in [1.29, 1.82) is 0 Å². The van der Waals surface area contributed by atoms with Gasteiger partial charge in [-0.1, -0.05) is 24.3 Å². The molecule has 2 aromatic carbocycles. The van der Waals surface area contributed by atoms with Gasteiger partial charge < -0.3 is 9.47 Å². The van der Waals surface area contributed by atoms with Crippen LogP contribution in [-0.2, 0) is 16.0 Å². The van der Waals surface area contributed by atoms with Crippen LogP contribution in [0, 0.1) is 5.41 Å². The van der Waals surface area contributed by atoms with E-state index in [4.69, 9.17) is 9.47 Å². The Balaban J connectivity index is 1.99. The molecule has 120 valence electrons. The largest absolute Gasteiger partial charge is 0.429 e. The second-order valence-corrected chi connectivity index (χ2v) is 6.32. The standard InChI is InChI=1S/C19H20O4/c1-19(2,3)18(21)23-17-10-6-15(7-11-17)12-14-4-8-16(9-5-14)22-13-20/h4-11,13H,12H2,1-3H3. The van der Waals surface area contributed by atoms with Gasteiger partial charge in [-0.3, -0.25) is 9.59 Å². The quantitative estimate of drug-likeness (QED) is 0.479. The number of carbonyl (C=O) groups is 2. The van der Waals surface area contributed by atoms with E-state index in [2.05, 4.69) is 0 Å². The number of carbonyl (C=O) groups excluding carboxylic acids is 2. The monoisotopic (exact) mass is 312 g/mol. The Morgan fingerprint density at radius 2 is 1.39 bits per heavy atom. The number of benzene rings is 2. The minimum Gasteiger partial charge on any atom is -0.429 e. The molecule has 23 heavy (non-hydrogen) atoms. The smallest absolute Gasteiger partial charge is 0.316 e. The Morgan fingerprint density at radius 3 is 1.83 bits per heavy atom. The number of hydrogen-bond acceptors (Lipinski definition) is 4.